The number of fused-ring (bicyclic) bond motifs is 9. The Morgan fingerprint density at radius 3 is 1.75 bits per heavy atom. The van der Waals surface area contributed by atoms with Crippen LogP contribution >= 0.6 is 11.6 Å². The van der Waals surface area contributed by atoms with Crippen LogP contribution in [0.1, 0.15) is 0 Å². The van der Waals surface area contributed by atoms with E-state index in [4.69, 9.17) is 21.6 Å². The van der Waals surface area contributed by atoms with E-state index < -0.39 is 0 Å². The smallest absolute Gasteiger partial charge is 0.0974 e. The quantitative estimate of drug-likeness (QED) is 0.180. The lowest BCUT2D eigenvalue weighted by Crippen LogP contribution is -2.00. The number of aromatic nitrogens is 4. The van der Waals surface area contributed by atoms with Crippen molar-refractivity contribution in [1.82, 2.24) is 19.1 Å². The molecule has 0 radical (unpaired) electrons. The molecular formula is C52H31ClN4. The van der Waals surface area contributed by atoms with Gasteiger partial charge in [0.15, 0.2) is 0 Å². The van der Waals surface area contributed by atoms with E-state index in [-0.39, 0.29) is 0 Å². The molecule has 3 heterocycles. The molecule has 5 heteroatoms. The van der Waals surface area contributed by atoms with E-state index in [0.29, 0.717) is 0 Å². The summed E-state index contributed by atoms with van der Waals surface area (Å²) in [6.45, 7) is 0. The predicted molar refractivity (Wildman–Crippen MR) is 239 cm³/mol. The van der Waals surface area contributed by atoms with Gasteiger partial charge in [0.1, 0.15) is 0 Å². The molecule has 0 saturated carbocycles. The van der Waals surface area contributed by atoms with Gasteiger partial charge in [0.25, 0.3) is 0 Å². The molecular weight excluding hydrogens is 716 g/mol. The van der Waals surface area contributed by atoms with Gasteiger partial charge in [-0.25, -0.2) is 9.97 Å². The minimum absolute atomic E-state index is 0.724. The Morgan fingerprint density at radius 2 is 0.965 bits per heavy atom. The van der Waals surface area contributed by atoms with Gasteiger partial charge in [-0.2, -0.15) is 0 Å². The van der Waals surface area contributed by atoms with Gasteiger partial charge in [0.05, 0.1) is 50.2 Å². The van der Waals surface area contributed by atoms with Gasteiger partial charge in [-0.3, -0.25) is 0 Å². The third kappa shape index (κ3) is 4.94. The molecule has 0 spiro atoms. The standard InChI is InChI=1S/C52H31ClN4/c53-37-24-22-32-28-43-41-17-7-11-21-47(41)57(50(43)30-35(32)27-37)48-31-36(26-33-12-4-5-15-39(33)48)52-51(54-44-18-8-9-19-45(44)55-52)34-23-25-42-40-16-6-10-20-46(40)56(49(42)29-34)38-13-2-1-3-14-38/h1-31H. The lowest BCUT2D eigenvalue weighted by atomic mass is 9.98. The lowest BCUT2D eigenvalue weighted by molar-refractivity contribution is 1.18. The van der Waals surface area contributed by atoms with Crippen LogP contribution in [0.15, 0.2) is 188 Å². The molecule has 0 aliphatic carbocycles. The van der Waals surface area contributed by atoms with Crippen molar-refractivity contribution >= 4 is 87.8 Å². The number of para-hydroxylation sites is 5. The average Bonchev–Trinajstić information content (AvgIpc) is 3.76. The first-order valence-electron chi connectivity index (χ1n) is 19.2. The second-order valence-electron chi connectivity index (χ2n) is 14.8. The van der Waals surface area contributed by atoms with Crippen molar-refractivity contribution in [3.63, 3.8) is 0 Å². The summed E-state index contributed by atoms with van der Waals surface area (Å²) >= 11 is 6.55. The lowest BCUT2D eigenvalue weighted by Gasteiger charge is -2.16. The molecule has 266 valence electrons. The Hall–Kier alpha value is -7.27. The van der Waals surface area contributed by atoms with E-state index in [2.05, 4.69) is 179 Å². The molecule has 0 unspecified atom stereocenters. The fourth-order valence-corrected chi connectivity index (χ4v) is 9.11. The second-order valence-corrected chi connectivity index (χ2v) is 15.2. The average molecular weight is 747 g/mol. The van der Waals surface area contributed by atoms with Gasteiger partial charge < -0.3 is 9.13 Å². The monoisotopic (exact) mass is 746 g/mol. The summed E-state index contributed by atoms with van der Waals surface area (Å²) < 4.78 is 4.77. The minimum atomic E-state index is 0.724. The summed E-state index contributed by atoms with van der Waals surface area (Å²) in [5.41, 5.74) is 12.1. The Balaban J connectivity index is 1.16. The molecule has 0 saturated heterocycles. The van der Waals surface area contributed by atoms with Crippen LogP contribution in [0.5, 0.6) is 0 Å². The van der Waals surface area contributed by atoms with E-state index in [1.165, 1.54) is 27.1 Å². The molecule has 4 nitrogen and oxygen atoms in total. The Labute approximate surface area is 332 Å². The molecule has 0 atom stereocenters. The van der Waals surface area contributed by atoms with Crippen LogP contribution in [0.25, 0.3) is 110 Å². The normalized spacial score (nSPS) is 11.9. The van der Waals surface area contributed by atoms with Crippen LogP contribution in [0.3, 0.4) is 0 Å². The molecule has 0 fully saturated rings. The number of hydrogen-bond acceptors (Lipinski definition) is 2. The number of halogens is 1. The molecule has 0 N–H and O–H groups in total. The van der Waals surface area contributed by atoms with Crippen molar-refractivity contribution in [2.45, 2.75) is 0 Å². The van der Waals surface area contributed by atoms with Gasteiger partial charge in [0, 0.05) is 48.8 Å². The topological polar surface area (TPSA) is 35.6 Å². The van der Waals surface area contributed by atoms with Crippen molar-refractivity contribution in [2.24, 2.45) is 0 Å². The number of nitrogens with zero attached hydrogens (tertiary/aromatic N) is 4. The van der Waals surface area contributed by atoms with E-state index >= 15 is 0 Å². The zero-order chi connectivity index (χ0) is 37.6. The highest BCUT2D eigenvalue weighted by Gasteiger charge is 2.21. The summed E-state index contributed by atoms with van der Waals surface area (Å²) in [5, 5.41) is 10.1. The zero-order valence-electron chi connectivity index (χ0n) is 30.6. The Kier molecular flexibility index (Phi) is 6.95. The maximum absolute atomic E-state index is 6.55. The van der Waals surface area contributed by atoms with E-state index in [1.807, 2.05) is 18.2 Å². The van der Waals surface area contributed by atoms with Crippen molar-refractivity contribution in [1.29, 1.82) is 0 Å². The van der Waals surface area contributed by atoms with Crippen LogP contribution < -0.4 is 0 Å². The molecule has 0 aliphatic heterocycles. The van der Waals surface area contributed by atoms with Gasteiger partial charge in [-0.15, -0.1) is 0 Å². The van der Waals surface area contributed by atoms with Gasteiger partial charge in [0.2, 0.25) is 0 Å². The first-order chi connectivity index (χ1) is 28.2. The molecule has 12 aromatic rings. The summed E-state index contributed by atoms with van der Waals surface area (Å²) in [6.07, 6.45) is 0. The second kappa shape index (κ2) is 12.4. The summed E-state index contributed by atoms with van der Waals surface area (Å²) in [4.78, 5) is 10.8. The first-order valence-corrected chi connectivity index (χ1v) is 19.6. The Morgan fingerprint density at radius 1 is 0.351 bits per heavy atom. The first kappa shape index (κ1) is 32.0. The largest absolute Gasteiger partial charge is 0.309 e. The SMILES string of the molecule is Clc1ccc2cc3c4ccccc4n(-c4cc(-c5nc6ccccc6nc5-c5ccc6c7ccccc7n(-c7ccccc7)c6c5)cc5ccccc45)c3cc2c1. The maximum Gasteiger partial charge on any atom is 0.0974 e. The van der Waals surface area contributed by atoms with Crippen LogP contribution in [-0.2, 0) is 0 Å². The van der Waals surface area contributed by atoms with Crippen molar-refractivity contribution in [3.05, 3.63) is 193 Å². The highest BCUT2D eigenvalue weighted by Crippen LogP contribution is 2.42. The summed E-state index contributed by atoms with van der Waals surface area (Å²) in [6, 6.07) is 66.7. The molecule has 3 aromatic heterocycles. The van der Waals surface area contributed by atoms with Crippen LogP contribution in [0.2, 0.25) is 5.02 Å². The molecule has 0 amide bonds. The van der Waals surface area contributed by atoms with Crippen LogP contribution in [-0.4, -0.2) is 19.1 Å². The summed E-state index contributed by atoms with van der Waals surface area (Å²) in [7, 11) is 0. The number of benzene rings is 9. The highest BCUT2D eigenvalue weighted by molar-refractivity contribution is 6.31. The molecule has 0 aliphatic rings. The minimum Gasteiger partial charge on any atom is -0.309 e. The van der Waals surface area contributed by atoms with Crippen molar-refractivity contribution in [2.75, 3.05) is 0 Å². The third-order valence-corrected chi connectivity index (χ3v) is 11.7. The van der Waals surface area contributed by atoms with Gasteiger partial charge in [-0.1, -0.05) is 121 Å². The van der Waals surface area contributed by atoms with Crippen LogP contribution in [0.4, 0.5) is 0 Å². The van der Waals surface area contributed by atoms with E-state index in [0.717, 1.165) is 88.0 Å². The number of rotatable bonds is 4. The van der Waals surface area contributed by atoms with E-state index in [1.54, 1.807) is 0 Å². The molecule has 0 bridgehead atoms. The summed E-state index contributed by atoms with van der Waals surface area (Å²) in [5.74, 6) is 0. The van der Waals surface area contributed by atoms with E-state index in [9.17, 15) is 0 Å². The van der Waals surface area contributed by atoms with Crippen molar-refractivity contribution < 1.29 is 0 Å². The van der Waals surface area contributed by atoms with Gasteiger partial charge in [-0.05, 0) is 95.0 Å². The van der Waals surface area contributed by atoms with Crippen LogP contribution in [0, 0.1) is 0 Å². The molecule has 12 rings (SSSR count). The third-order valence-electron chi connectivity index (χ3n) is 11.5. The molecule has 9 aromatic carbocycles. The fraction of sp³-hybridized carbons (Fsp3) is 0. The zero-order valence-corrected chi connectivity index (χ0v) is 31.3. The maximum atomic E-state index is 6.55. The highest BCUT2D eigenvalue weighted by atomic mass is 35.5. The van der Waals surface area contributed by atoms with Gasteiger partial charge >= 0.3 is 0 Å². The Bertz CT molecular complexity index is 3600. The van der Waals surface area contributed by atoms with Crippen molar-refractivity contribution in [3.8, 4) is 33.9 Å². The fourth-order valence-electron chi connectivity index (χ4n) is 8.93. The molecule has 57 heavy (non-hydrogen) atoms. The number of hydrogen-bond donors (Lipinski definition) is 0. The predicted octanol–water partition coefficient (Wildman–Crippen LogP) is 14.1.